The zero-order chi connectivity index (χ0) is 15.4. The number of esters is 1. The van der Waals surface area contributed by atoms with E-state index in [1.807, 2.05) is 36.4 Å². The molecule has 0 amide bonds. The van der Waals surface area contributed by atoms with Crippen LogP contribution in [-0.4, -0.2) is 16.7 Å². The number of halogens is 1. The standard InChI is InChI=1S/C16H12ClNO2S2/c17-11-5-7-12(8-6-11)21-10-16(19)20-9-15-18-13-3-1-2-4-14(13)22-15/h1-8H,9-10H2. The summed E-state index contributed by atoms with van der Waals surface area (Å²) in [6.45, 7) is 0.222. The van der Waals surface area contributed by atoms with Gasteiger partial charge in [0, 0.05) is 9.92 Å². The van der Waals surface area contributed by atoms with Gasteiger partial charge in [-0.25, -0.2) is 4.98 Å². The maximum Gasteiger partial charge on any atom is 0.316 e. The fourth-order valence-electron chi connectivity index (χ4n) is 1.84. The van der Waals surface area contributed by atoms with E-state index in [1.54, 1.807) is 23.5 Å². The molecule has 0 aliphatic carbocycles. The number of benzene rings is 2. The van der Waals surface area contributed by atoms with E-state index in [1.165, 1.54) is 11.8 Å². The van der Waals surface area contributed by atoms with Gasteiger partial charge in [0.2, 0.25) is 0 Å². The fourth-order valence-corrected chi connectivity index (χ4v) is 3.54. The SMILES string of the molecule is O=C(CSc1ccc(Cl)cc1)OCc1nc2ccccc2s1. The summed E-state index contributed by atoms with van der Waals surface area (Å²) in [6.07, 6.45) is 0. The fraction of sp³-hybridized carbons (Fsp3) is 0.125. The summed E-state index contributed by atoms with van der Waals surface area (Å²) in [6, 6.07) is 15.2. The molecule has 0 saturated carbocycles. The van der Waals surface area contributed by atoms with Gasteiger partial charge in [-0.1, -0.05) is 23.7 Å². The Morgan fingerprint density at radius 3 is 2.73 bits per heavy atom. The second-order valence-electron chi connectivity index (χ2n) is 4.48. The second kappa shape index (κ2) is 7.13. The molecule has 0 unspecified atom stereocenters. The number of hydrogen-bond acceptors (Lipinski definition) is 5. The molecule has 0 N–H and O–H groups in total. The molecule has 0 bridgehead atoms. The minimum absolute atomic E-state index is 0.222. The lowest BCUT2D eigenvalue weighted by Gasteiger charge is -2.03. The zero-order valence-electron chi connectivity index (χ0n) is 11.5. The lowest BCUT2D eigenvalue weighted by molar-refractivity contribution is -0.141. The molecule has 3 rings (SSSR count). The Balaban J connectivity index is 1.50. The first-order valence-electron chi connectivity index (χ1n) is 6.59. The van der Waals surface area contributed by atoms with Gasteiger partial charge in [-0.15, -0.1) is 23.1 Å². The molecular formula is C16H12ClNO2S2. The van der Waals surface area contributed by atoms with E-state index < -0.39 is 0 Å². The van der Waals surface area contributed by atoms with E-state index in [0.717, 1.165) is 20.1 Å². The van der Waals surface area contributed by atoms with Crippen molar-refractivity contribution < 1.29 is 9.53 Å². The minimum atomic E-state index is -0.251. The van der Waals surface area contributed by atoms with Crippen molar-refractivity contribution in [2.24, 2.45) is 0 Å². The summed E-state index contributed by atoms with van der Waals surface area (Å²) >= 11 is 8.79. The predicted octanol–water partition coefficient (Wildman–Crippen LogP) is 4.79. The maximum absolute atomic E-state index is 11.8. The molecular weight excluding hydrogens is 338 g/mol. The third-order valence-corrected chi connectivity index (χ3v) is 5.11. The van der Waals surface area contributed by atoms with Gasteiger partial charge in [0.1, 0.15) is 11.6 Å². The molecule has 112 valence electrons. The first-order valence-corrected chi connectivity index (χ1v) is 8.77. The van der Waals surface area contributed by atoms with Gasteiger partial charge >= 0.3 is 5.97 Å². The lowest BCUT2D eigenvalue weighted by Crippen LogP contribution is -2.07. The Morgan fingerprint density at radius 1 is 1.18 bits per heavy atom. The number of nitrogens with zero attached hydrogens (tertiary/aromatic N) is 1. The highest BCUT2D eigenvalue weighted by Crippen LogP contribution is 2.23. The summed E-state index contributed by atoms with van der Waals surface area (Å²) in [5, 5.41) is 1.49. The van der Waals surface area contributed by atoms with E-state index in [9.17, 15) is 4.79 Å². The number of fused-ring (bicyclic) bond motifs is 1. The molecule has 0 aliphatic rings. The summed E-state index contributed by atoms with van der Waals surface area (Å²) < 4.78 is 6.37. The Bertz CT molecular complexity index is 753. The van der Waals surface area contributed by atoms with Crippen LogP contribution >= 0.6 is 34.7 Å². The van der Waals surface area contributed by atoms with E-state index in [-0.39, 0.29) is 18.3 Å². The normalized spacial score (nSPS) is 10.8. The molecule has 0 fully saturated rings. The molecule has 1 heterocycles. The summed E-state index contributed by atoms with van der Waals surface area (Å²) in [4.78, 5) is 17.2. The minimum Gasteiger partial charge on any atom is -0.458 e. The van der Waals surface area contributed by atoms with Crippen molar-refractivity contribution in [2.75, 3.05) is 5.75 Å². The molecule has 0 saturated heterocycles. The van der Waals surface area contributed by atoms with Gasteiger partial charge in [-0.05, 0) is 36.4 Å². The summed E-state index contributed by atoms with van der Waals surface area (Å²) in [5.41, 5.74) is 0.939. The molecule has 0 spiro atoms. The van der Waals surface area contributed by atoms with E-state index in [0.29, 0.717) is 5.02 Å². The van der Waals surface area contributed by atoms with Gasteiger partial charge < -0.3 is 4.74 Å². The van der Waals surface area contributed by atoms with Crippen molar-refractivity contribution in [1.82, 2.24) is 4.98 Å². The van der Waals surface area contributed by atoms with Gasteiger partial charge in [0.05, 0.1) is 16.0 Å². The zero-order valence-corrected chi connectivity index (χ0v) is 13.9. The van der Waals surface area contributed by atoms with Gasteiger partial charge in [0.25, 0.3) is 0 Å². The number of thiazole rings is 1. The van der Waals surface area contributed by atoms with Crippen molar-refractivity contribution >= 4 is 50.9 Å². The van der Waals surface area contributed by atoms with Crippen LogP contribution in [0.3, 0.4) is 0 Å². The molecule has 22 heavy (non-hydrogen) atoms. The monoisotopic (exact) mass is 349 g/mol. The Labute approximate surface area is 141 Å². The number of rotatable bonds is 5. The second-order valence-corrected chi connectivity index (χ2v) is 7.08. The lowest BCUT2D eigenvalue weighted by atomic mass is 10.3. The summed E-state index contributed by atoms with van der Waals surface area (Å²) in [5.74, 6) is 0.0196. The number of ether oxygens (including phenoxy) is 1. The first kappa shape index (κ1) is 15.3. The van der Waals surface area contributed by atoms with Crippen LogP contribution in [0, 0.1) is 0 Å². The Kier molecular flexibility index (Phi) is 4.97. The Hall–Kier alpha value is -1.56. The largest absolute Gasteiger partial charge is 0.458 e. The number of carbonyl (C=O) groups excluding carboxylic acids is 1. The third kappa shape index (κ3) is 4.00. The smallest absolute Gasteiger partial charge is 0.316 e. The number of thioether (sulfide) groups is 1. The van der Waals surface area contributed by atoms with Crippen molar-refractivity contribution in [1.29, 1.82) is 0 Å². The van der Waals surface area contributed by atoms with Crippen LogP contribution in [0.15, 0.2) is 53.4 Å². The van der Waals surface area contributed by atoms with Crippen LogP contribution in [0.5, 0.6) is 0 Å². The highest BCUT2D eigenvalue weighted by Gasteiger charge is 2.08. The predicted molar refractivity (Wildman–Crippen MR) is 91.6 cm³/mol. The van der Waals surface area contributed by atoms with Crippen molar-refractivity contribution in [3.05, 3.63) is 58.6 Å². The molecule has 0 atom stereocenters. The Morgan fingerprint density at radius 2 is 1.95 bits per heavy atom. The third-order valence-electron chi connectivity index (χ3n) is 2.87. The van der Waals surface area contributed by atoms with Crippen LogP contribution < -0.4 is 0 Å². The summed E-state index contributed by atoms with van der Waals surface area (Å²) in [7, 11) is 0. The highest BCUT2D eigenvalue weighted by molar-refractivity contribution is 8.00. The van der Waals surface area contributed by atoms with Crippen LogP contribution in [-0.2, 0) is 16.1 Å². The van der Waals surface area contributed by atoms with Crippen molar-refractivity contribution in [3.8, 4) is 0 Å². The van der Waals surface area contributed by atoms with Crippen LogP contribution in [0.25, 0.3) is 10.2 Å². The molecule has 1 aromatic heterocycles. The highest BCUT2D eigenvalue weighted by atomic mass is 35.5. The maximum atomic E-state index is 11.8. The molecule has 2 aromatic carbocycles. The molecule has 0 radical (unpaired) electrons. The number of para-hydroxylation sites is 1. The molecule has 0 aliphatic heterocycles. The molecule has 3 nitrogen and oxygen atoms in total. The number of aromatic nitrogens is 1. The van der Waals surface area contributed by atoms with Crippen molar-refractivity contribution in [3.63, 3.8) is 0 Å². The quantitative estimate of drug-likeness (QED) is 0.490. The van der Waals surface area contributed by atoms with Gasteiger partial charge in [-0.2, -0.15) is 0 Å². The molecule has 3 aromatic rings. The van der Waals surface area contributed by atoms with Crippen molar-refractivity contribution in [2.45, 2.75) is 11.5 Å². The van der Waals surface area contributed by atoms with Crippen LogP contribution in [0.2, 0.25) is 5.02 Å². The average molecular weight is 350 g/mol. The van der Waals surface area contributed by atoms with E-state index >= 15 is 0 Å². The van der Waals surface area contributed by atoms with Gasteiger partial charge in [-0.3, -0.25) is 4.79 Å². The van der Waals surface area contributed by atoms with Crippen LogP contribution in [0.1, 0.15) is 5.01 Å². The van der Waals surface area contributed by atoms with E-state index in [4.69, 9.17) is 16.3 Å². The first-order chi connectivity index (χ1) is 10.7. The van der Waals surface area contributed by atoms with E-state index in [2.05, 4.69) is 4.98 Å². The average Bonchev–Trinajstić information content (AvgIpc) is 2.95. The van der Waals surface area contributed by atoms with Gasteiger partial charge in [0.15, 0.2) is 0 Å². The number of carbonyl (C=O) groups is 1. The van der Waals surface area contributed by atoms with Crippen LogP contribution in [0.4, 0.5) is 0 Å². The molecule has 6 heteroatoms. The topological polar surface area (TPSA) is 39.2 Å². The number of hydrogen-bond donors (Lipinski definition) is 0.